The first-order valence-electron chi connectivity index (χ1n) is 7.42. The molecule has 1 unspecified atom stereocenters. The van der Waals surface area contributed by atoms with Crippen molar-refractivity contribution in [1.82, 2.24) is 4.90 Å². The minimum absolute atomic E-state index is 0.609. The molecule has 0 saturated carbocycles. The molecule has 2 fully saturated rings. The van der Waals surface area contributed by atoms with E-state index in [2.05, 4.69) is 34.9 Å². The Balaban J connectivity index is 1.70. The minimum Gasteiger partial charge on any atom is -0.370 e. The summed E-state index contributed by atoms with van der Waals surface area (Å²) < 4.78 is 0. The van der Waals surface area contributed by atoms with Crippen LogP contribution in [0.3, 0.4) is 0 Å². The average molecular weight is 279 g/mol. The highest BCUT2D eigenvalue weighted by Crippen LogP contribution is 2.28. The van der Waals surface area contributed by atoms with Crippen LogP contribution in [-0.2, 0) is 5.88 Å². The summed E-state index contributed by atoms with van der Waals surface area (Å²) in [5.74, 6) is 0.609. The van der Waals surface area contributed by atoms with Crippen LogP contribution in [0.4, 0.5) is 5.69 Å². The van der Waals surface area contributed by atoms with Gasteiger partial charge in [0.1, 0.15) is 0 Å². The van der Waals surface area contributed by atoms with Crippen LogP contribution in [-0.4, -0.2) is 37.1 Å². The summed E-state index contributed by atoms with van der Waals surface area (Å²) in [7, 11) is 0. The molecule has 0 amide bonds. The fourth-order valence-electron chi connectivity index (χ4n) is 3.52. The van der Waals surface area contributed by atoms with Gasteiger partial charge in [-0.05, 0) is 56.5 Å². The van der Waals surface area contributed by atoms with E-state index in [0.717, 1.165) is 6.04 Å². The Morgan fingerprint density at radius 3 is 2.68 bits per heavy atom. The van der Waals surface area contributed by atoms with E-state index in [1.807, 2.05) is 0 Å². The highest BCUT2D eigenvalue weighted by Gasteiger charge is 2.29. The Kier molecular flexibility index (Phi) is 3.99. The third-order valence-electron chi connectivity index (χ3n) is 4.58. The number of halogens is 1. The molecule has 2 saturated heterocycles. The summed E-state index contributed by atoms with van der Waals surface area (Å²) in [6, 6.07) is 7.42. The number of hydrogen-bond acceptors (Lipinski definition) is 2. The van der Waals surface area contributed by atoms with Crippen LogP contribution in [0.25, 0.3) is 0 Å². The summed E-state index contributed by atoms with van der Waals surface area (Å²) in [5.41, 5.74) is 3.98. The first kappa shape index (κ1) is 13.3. The normalized spacial score (nSPS) is 24.3. The lowest BCUT2D eigenvalue weighted by Gasteiger charge is -2.25. The number of anilines is 1. The van der Waals surface area contributed by atoms with Crippen LogP contribution in [0.15, 0.2) is 18.2 Å². The molecule has 19 heavy (non-hydrogen) atoms. The molecule has 0 bridgehead atoms. The SMILES string of the molecule is Cc1cc(CCl)ccc1N1CCC(N2CCCC2)C1. The van der Waals surface area contributed by atoms with Gasteiger partial charge in [0, 0.05) is 30.7 Å². The van der Waals surface area contributed by atoms with Gasteiger partial charge in [-0.2, -0.15) is 0 Å². The van der Waals surface area contributed by atoms with Crippen LogP contribution in [0.5, 0.6) is 0 Å². The van der Waals surface area contributed by atoms with E-state index in [1.54, 1.807) is 0 Å². The van der Waals surface area contributed by atoms with Crippen molar-refractivity contribution in [3.8, 4) is 0 Å². The predicted molar refractivity (Wildman–Crippen MR) is 82.2 cm³/mol. The molecule has 1 aromatic carbocycles. The first-order chi connectivity index (χ1) is 9.28. The second-order valence-electron chi connectivity index (χ2n) is 5.89. The molecular formula is C16H23ClN2. The van der Waals surface area contributed by atoms with Gasteiger partial charge in [-0.25, -0.2) is 0 Å². The number of likely N-dealkylation sites (tertiary alicyclic amines) is 1. The largest absolute Gasteiger partial charge is 0.370 e. The van der Waals surface area contributed by atoms with Gasteiger partial charge >= 0.3 is 0 Å². The molecule has 0 N–H and O–H groups in total. The summed E-state index contributed by atoms with van der Waals surface area (Å²) in [5, 5.41) is 0. The molecule has 1 aromatic rings. The van der Waals surface area contributed by atoms with Crippen LogP contribution in [0.2, 0.25) is 0 Å². The molecular weight excluding hydrogens is 256 g/mol. The van der Waals surface area contributed by atoms with Crippen molar-refractivity contribution < 1.29 is 0 Å². The molecule has 2 heterocycles. The lowest BCUT2D eigenvalue weighted by Crippen LogP contribution is -2.35. The zero-order chi connectivity index (χ0) is 13.2. The van der Waals surface area contributed by atoms with E-state index in [-0.39, 0.29) is 0 Å². The van der Waals surface area contributed by atoms with Crippen LogP contribution < -0.4 is 4.90 Å². The van der Waals surface area contributed by atoms with E-state index in [4.69, 9.17) is 11.6 Å². The molecule has 0 radical (unpaired) electrons. The Bertz CT molecular complexity index is 440. The zero-order valence-electron chi connectivity index (χ0n) is 11.7. The summed E-state index contributed by atoms with van der Waals surface area (Å²) in [4.78, 5) is 5.23. The maximum absolute atomic E-state index is 5.90. The number of benzene rings is 1. The third kappa shape index (κ3) is 2.75. The molecule has 0 spiro atoms. The quantitative estimate of drug-likeness (QED) is 0.782. The third-order valence-corrected chi connectivity index (χ3v) is 4.89. The van der Waals surface area contributed by atoms with Gasteiger partial charge < -0.3 is 4.90 Å². The lowest BCUT2D eigenvalue weighted by molar-refractivity contribution is 0.260. The van der Waals surface area contributed by atoms with Crippen LogP contribution in [0.1, 0.15) is 30.4 Å². The van der Waals surface area contributed by atoms with Gasteiger partial charge in [0.2, 0.25) is 0 Å². The number of nitrogens with zero attached hydrogens (tertiary/aromatic N) is 2. The zero-order valence-corrected chi connectivity index (χ0v) is 12.5. The molecule has 2 aliphatic rings. The Hall–Kier alpha value is -0.730. The maximum Gasteiger partial charge on any atom is 0.0474 e. The smallest absolute Gasteiger partial charge is 0.0474 e. The van der Waals surface area contributed by atoms with Crippen molar-refractivity contribution >= 4 is 17.3 Å². The van der Waals surface area contributed by atoms with Crippen molar-refractivity contribution in [2.75, 3.05) is 31.1 Å². The fourth-order valence-corrected chi connectivity index (χ4v) is 3.69. The van der Waals surface area contributed by atoms with Gasteiger partial charge in [-0.1, -0.05) is 12.1 Å². The summed E-state index contributed by atoms with van der Waals surface area (Å²) in [6.07, 6.45) is 4.09. The molecule has 2 nitrogen and oxygen atoms in total. The maximum atomic E-state index is 5.90. The predicted octanol–water partition coefficient (Wildman–Crippen LogP) is 3.41. The van der Waals surface area contributed by atoms with Crippen molar-refractivity contribution in [3.05, 3.63) is 29.3 Å². The van der Waals surface area contributed by atoms with Crippen molar-refractivity contribution in [3.63, 3.8) is 0 Å². The number of rotatable bonds is 3. The lowest BCUT2D eigenvalue weighted by atomic mass is 10.1. The number of hydrogen-bond donors (Lipinski definition) is 0. The van der Waals surface area contributed by atoms with Crippen molar-refractivity contribution in [2.24, 2.45) is 0 Å². The molecule has 3 rings (SSSR count). The van der Waals surface area contributed by atoms with Crippen molar-refractivity contribution in [1.29, 1.82) is 0 Å². The minimum atomic E-state index is 0.609. The van der Waals surface area contributed by atoms with E-state index < -0.39 is 0 Å². The van der Waals surface area contributed by atoms with E-state index in [9.17, 15) is 0 Å². The monoisotopic (exact) mass is 278 g/mol. The van der Waals surface area contributed by atoms with Gasteiger partial charge in [0.15, 0.2) is 0 Å². The van der Waals surface area contributed by atoms with Gasteiger partial charge in [-0.15, -0.1) is 11.6 Å². The molecule has 104 valence electrons. The van der Waals surface area contributed by atoms with E-state index in [1.165, 1.54) is 62.3 Å². The fraction of sp³-hybridized carbons (Fsp3) is 0.625. The van der Waals surface area contributed by atoms with Gasteiger partial charge in [0.05, 0.1) is 0 Å². The van der Waals surface area contributed by atoms with Crippen LogP contribution in [0, 0.1) is 6.92 Å². The highest BCUT2D eigenvalue weighted by atomic mass is 35.5. The molecule has 1 atom stereocenters. The van der Waals surface area contributed by atoms with Crippen molar-refractivity contribution in [2.45, 2.75) is 38.1 Å². The number of aryl methyl sites for hydroxylation is 1. The topological polar surface area (TPSA) is 6.48 Å². The standard InChI is InChI=1S/C16H23ClN2/c1-13-10-14(11-17)4-5-16(13)19-9-6-15(12-19)18-7-2-3-8-18/h4-5,10,15H,2-3,6-9,11-12H2,1H3. The van der Waals surface area contributed by atoms with Gasteiger partial charge in [-0.3, -0.25) is 4.90 Å². The average Bonchev–Trinajstić information content (AvgIpc) is 3.09. The van der Waals surface area contributed by atoms with Crippen LogP contribution >= 0.6 is 11.6 Å². The molecule has 0 aromatic heterocycles. The highest BCUT2D eigenvalue weighted by molar-refractivity contribution is 6.17. The summed E-state index contributed by atoms with van der Waals surface area (Å²) >= 11 is 5.90. The van der Waals surface area contributed by atoms with E-state index >= 15 is 0 Å². The Morgan fingerprint density at radius 1 is 1.21 bits per heavy atom. The second-order valence-corrected chi connectivity index (χ2v) is 6.15. The summed E-state index contributed by atoms with van der Waals surface area (Å²) in [6.45, 7) is 7.21. The second kappa shape index (κ2) is 5.72. The molecule has 2 aliphatic heterocycles. The number of alkyl halides is 1. The van der Waals surface area contributed by atoms with E-state index in [0.29, 0.717) is 5.88 Å². The molecule has 0 aliphatic carbocycles. The molecule has 3 heteroatoms. The first-order valence-corrected chi connectivity index (χ1v) is 7.96. The Labute approximate surface area is 121 Å². The Morgan fingerprint density at radius 2 is 2.00 bits per heavy atom. The van der Waals surface area contributed by atoms with Gasteiger partial charge in [0.25, 0.3) is 0 Å².